The molecule has 14 heteroatoms. The largest absolute Gasteiger partial charge is 0.481 e. The van der Waals surface area contributed by atoms with Crippen molar-refractivity contribution >= 4 is 55.4 Å². The van der Waals surface area contributed by atoms with E-state index in [0.29, 0.717) is 6.54 Å². The first-order valence-corrected chi connectivity index (χ1v) is 11.5. The highest BCUT2D eigenvalue weighted by Gasteiger charge is 2.28. The van der Waals surface area contributed by atoms with Gasteiger partial charge in [0.15, 0.2) is 0 Å². The summed E-state index contributed by atoms with van der Waals surface area (Å²) in [5.74, 6) is -5.16. The maximum Gasteiger partial charge on any atom is 0.322 e. The van der Waals surface area contributed by atoms with Gasteiger partial charge in [-0.05, 0) is 19.8 Å². The highest BCUT2D eigenvalue weighted by Crippen LogP contribution is 2.10. The van der Waals surface area contributed by atoms with Crippen molar-refractivity contribution in [2.45, 2.75) is 44.7 Å². The number of carbonyl (C=O) groups excluding carboxylic acids is 4. The van der Waals surface area contributed by atoms with Gasteiger partial charge < -0.3 is 31.5 Å². The minimum Gasteiger partial charge on any atom is -0.481 e. The Morgan fingerprint density at radius 1 is 0.933 bits per heavy atom. The van der Waals surface area contributed by atoms with Crippen LogP contribution < -0.4 is 21.3 Å². The fraction of sp³-hybridized carbons (Fsp3) is 0.625. The predicted octanol–water partition coefficient (Wildman–Crippen LogP) is -1.29. The van der Waals surface area contributed by atoms with E-state index >= 15 is 0 Å². The molecular formula is C16H29N4O8PS. The average Bonchev–Trinajstić information content (AvgIpc) is 2.64. The van der Waals surface area contributed by atoms with Crippen molar-refractivity contribution in [3.63, 3.8) is 0 Å². The monoisotopic (exact) mass is 470 g/mol. The maximum absolute atomic E-state index is 12.6. The van der Waals surface area contributed by atoms with Crippen LogP contribution >= 0.6 is 19.8 Å². The van der Waals surface area contributed by atoms with Crippen molar-refractivity contribution in [2.24, 2.45) is 0 Å². The second-order valence-electron chi connectivity index (χ2n) is 6.05. The molecule has 4 amide bonds. The Morgan fingerprint density at radius 2 is 1.60 bits per heavy atom. The van der Waals surface area contributed by atoms with E-state index in [9.17, 15) is 28.8 Å². The molecule has 0 bridgehead atoms. The number of hydrogen-bond acceptors (Lipinski definition) is 7. The summed E-state index contributed by atoms with van der Waals surface area (Å²) in [6.45, 7) is 1.46. The first-order valence-electron chi connectivity index (χ1n) is 9.00. The van der Waals surface area contributed by atoms with Gasteiger partial charge in [-0.1, -0.05) is 8.44 Å². The molecule has 6 N–H and O–H groups in total. The third-order valence-electron chi connectivity index (χ3n) is 3.56. The van der Waals surface area contributed by atoms with Gasteiger partial charge in [-0.2, -0.15) is 0 Å². The summed E-state index contributed by atoms with van der Waals surface area (Å²) in [6, 6.07) is -2.64. The summed E-state index contributed by atoms with van der Waals surface area (Å²) in [5, 5.41) is 26.9. The second kappa shape index (κ2) is 15.4. The molecule has 0 aromatic rings. The van der Waals surface area contributed by atoms with E-state index in [4.69, 9.17) is 10.2 Å². The minimum atomic E-state index is -1.53. The van der Waals surface area contributed by atoms with Crippen LogP contribution in [0.2, 0.25) is 0 Å². The lowest BCUT2D eigenvalue weighted by molar-refractivity contribution is -0.141. The molecule has 0 spiro atoms. The molecule has 0 saturated carbocycles. The molecule has 0 heterocycles. The van der Waals surface area contributed by atoms with E-state index in [1.807, 2.05) is 5.32 Å². The van der Waals surface area contributed by atoms with Gasteiger partial charge in [0, 0.05) is 14.4 Å². The van der Waals surface area contributed by atoms with Gasteiger partial charge in [-0.3, -0.25) is 28.8 Å². The summed E-state index contributed by atoms with van der Waals surface area (Å²) in [7, 11) is 2.28. The van der Waals surface area contributed by atoms with Gasteiger partial charge in [0.1, 0.15) is 18.6 Å². The van der Waals surface area contributed by atoms with Crippen LogP contribution in [0.5, 0.6) is 0 Å². The smallest absolute Gasteiger partial charge is 0.322 e. The Kier molecular flexibility index (Phi) is 14.2. The lowest BCUT2D eigenvalue weighted by atomic mass is 10.1. The fourth-order valence-corrected chi connectivity index (χ4v) is 2.96. The van der Waals surface area contributed by atoms with E-state index < -0.39 is 54.7 Å². The summed E-state index contributed by atoms with van der Waals surface area (Å²) >= 11 is 1.15. The van der Waals surface area contributed by atoms with Crippen LogP contribution in [0, 0.1) is 0 Å². The van der Waals surface area contributed by atoms with Crippen LogP contribution in [0.15, 0.2) is 0 Å². The number of nitrogens with one attached hydrogen (secondary N) is 4. The van der Waals surface area contributed by atoms with Crippen LogP contribution in [0.3, 0.4) is 0 Å². The molecule has 0 saturated heterocycles. The quantitative estimate of drug-likeness (QED) is 0.158. The van der Waals surface area contributed by atoms with Gasteiger partial charge in [0.2, 0.25) is 23.6 Å². The number of aliphatic carboxylic acids is 2. The zero-order valence-corrected chi connectivity index (χ0v) is 18.4. The van der Waals surface area contributed by atoms with E-state index in [1.165, 1.54) is 0 Å². The molecule has 12 nitrogen and oxygen atoms in total. The molecule has 0 rings (SSSR count). The predicted molar refractivity (Wildman–Crippen MR) is 114 cm³/mol. The molecule has 0 aliphatic heterocycles. The average molecular weight is 470 g/mol. The van der Waals surface area contributed by atoms with E-state index in [-0.39, 0.29) is 32.3 Å². The number of carboxylic acids is 2. The zero-order chi connectivity index (χ0) is 23.1. The Morgan fingerprint density at radius 3 is 2.13 bits per heavy atom. The second-order valence-corrected chi connectivity index (χ2v) is 7.67. The molecule has 30 heavy (non-hydrogen) atoms. The molecule has 172 valence electrons. The fourth-order valence-electron chi connectivity index (χ4n) is 2.27. The zero-order valence-electron chi connectivity index (χ0n) is 16.4. The van der Waals surface area contributed by atoms with Crippen molar-refractivity contribution in [3.05, 3.63) is 0 Å². The normalized spacial score (nSPS) is 12.2. The standard InChI is InChI=1S/C16H27N4O8PS.H2/c1-2-17-11(21)5-3-4-9(19-12(22)8-30-29)16(28)20-10(6-13(23)24)15(27)18-7-14(25)26;/h9-10H,2-8,29H2,1H3,(H,17,21)(H,18,27)(H,19,22)(H,20,28)(H,23,24)(H,25,26);1H/i;1+2. The van der Waals surface area contributed by atoms with Gasteiger partial charge in [0.05, 0.1) is 12.2 Å². The number of hydrogen-bond donors (Lipinski definition) is 6. The molecule has 3 unspecified atom stereocenters. The first-order chi connectivity index (χ1) is 14.1. The Bertz CT molecular complexity index is 655. The van der Waals surface area contributed by atoms with Crippen LogP contribution in [-0.4, -0.2) is 76.7 Å². The van der Waals surface area contributed by atoms with Crippen LogP contribution in [0.4, 0.5) is 0 Å². The topological polar surface area (TPSA) is 191 Å². The summed E-state index contributed by atoms with van der Waals surface area (Å²) in [4.78, 5) is 69.7. The molecule has 3 atom stereocenters. The Labute approximate surface area is 181 Å². The summed E-state index contributed by atoms with van der Waals surface area (Å²) in [6.07, 6.45) is -0.332. The molecule has 0 fully saturated rings. The van der Waals surface area contributed by atoms with Gasteiger partial charge >= 0.3 is 11.9 Å². The van der Waals surface area contributed by atoms with E-state index in [1.54, 1.807) is 6.92 Å². The van der Waals surface area contributed by atoms with E-state index in [0.717, 1.165) is 11.4 Å². The van der Waals surface area contributed by atoms with E-state index in [2.05, 4.69) is 24.4 Å². The molecule has 0 aromatic heterocycles. The molecular weight excluding hydrogens is 439 g/mol. The van der Waals surface area contributed by atoms with Gasteiger partial charge in [-0.25, -0.2) is 0 Å². The number of rotatable bonds is 15. The number of carbonyl (C=O) groups is 6. The SMILES string of the molecule is CCNC(=O)CCCC(NC(=O)CSP)C(=O)NC(CC(=O)O)C(=O)NCC(=O)O.[3HH]. The van der Waals surface area contributed by atoms with Crippen LogP contribution in [-0.2, 0) is 28.8 Å². The Balaban J connectivity index is 0. The van der Waals surface area contributed by atoms with Gasteiger partial charge in [0.25, 0.3) is 0 Å². The third-order valence-corrected chi connectivity index (χ3v) is 4.49. The molecule has 0 aromatic carbocycles. The molecule has 0 aliphatic carbocycles. The summed E-state index contributed by atoms with van der Waals surface area (Å²) < 4.78 is 0. The minimum absolute atomic E-state index is 0. The highest BCUT2D eigenvalue weighted by molar-refractivity contribution is 8.44. The molecule has 0 radical (unpaired) electrons. The van der Waals surface area contributed by atoms with Crippen molar-refractivity contribution in [1.82, 2.24) is 21.3 Å². The van der Waals surface area contributed by atoms with Crippen molar-refractivity contribution < 1.29 is 40.4 Å². The van der Waals surface area contributed by atoms with Crippen molar-refractivity contribution in [3.8, 4) is 0 Å². The van der Waals surface area contributed by atoms with Crippen LogP contribution in [0.25, 0.3) is 0 Å². The van der Waals surface area contributed by atoms with Gasteiger partial charge in [-0.15, -0.1) is 11.4 Å². The first kappa shape index (κ1) is 27.6. The number of carboxylic acid groups (broad SMARTS) is 2. The molecule has 0 aliphatic rings. The highest BCUT2D eigenvalue weighted by atomic mass is 32.7. The summed E-state index contributed by atoms with van der Waals surface area (Å²) in [5.41, 5.74) is 0. The maximum atomic E-state index is 12.6. The Hall–Kier alpha value is -2.40. The van der Waals surface area contributed by atoms with Crippen LogP contribution in [0.1, 0.15) is 34.0 Å². The van der Waals surface area contributed by atoms with Crippen molar-refractivity contribution in [2.75, 3.05) is 18.8 Å². The lowest BCUT2D eigenvalue weighted by Gasteiger charge is -2.22. The number of amides is 4. The lowest BCUT2D eigenvalue weighted by Crippen LogP contribution is -2.55. The third kappa shape index (κ3) is 12.9. The van der Waals surface area contributed by atoms with Crippen molar-refractivity contribution in [1.29, 1.82) is 0 Å².